The summed E-state index contributed by atoms with van der Waals surface area (Å²) in [5.41, 5.74) is 7.36. The number of H-pyrrole nitrogens is 1. The molecule has 1 aliphatic rings. The number of rotatable bonds is 3. The first-order valence-corrected chi connectivity index (χ1v) is 5.47. The van der Waals surface area contributed by atoms with E-state index < -0.39 is 0 Å². The molecule has 3 nitrogen and oxygen atoms in total. The first-order valence-electron chi connectivity index (χ1n) is 5.47. The second kappa shape index (κ2) is 4.62. The Morgan fingerprint density at radius 2 is 2.29 bits per heavy atom. The number of aromatic amines is 1. The van der Waals surface area contributed by atoms with Crippen LogP contribution in [0.25, 0.3) is 0 Å². The van der Waals surface area contributed by atoms with Crippen LogP contribution in [-0.4, -0.2) is 17.1 Å². The Bertz CT molecular complexity index is 256. The topological polar surface area (TPSA) is 53.8 Å². The fourth-order valence-corrected chi connectivity index (χ4v) is 2.13. The maximum atomic E-state index is 6.05. The van der Waals surface area contributed by atoms with Crippen molar-refractivity contribution in [3.8, 4) is 0 Å². The minimum atomic E-state index is 0.350. The van der Waals surface area contributed by atoms with Gasteiger partial charge in [0.2, 0.25) is 0 Å². The molecule has 14 heavy (non-hydrogen) atoms. The van der Waals surface area contributed by atoms with Crippen LogP contribution in [0.2, 0.25) is 0 Å². The van der Waals surface area contributed by atoms with E-state index in [1.165, 1.54) is 31.2 Å². The maximum Gasteiger partial charge on any atom is 0.0223 e. The lowest BCUT2D eigenvalue weighted by molar-refractivity contribution is 0.326. The van der Waals surface area contributed by atoms with Crippen molar-refractivity contribution < 1.29 is 0 Å². The smallest absolute Gasteiger partial charge is 0.0223 e. The minimum Gasteiger partial charge on any atom is -0.367 e. The monoisotopic (exact) mass is 193 g/mol. The van der Waals surface area contributed by atoms with Crippen molar-refractivity contribution in [2.45, 2.75) is 44.3 Å². The predicted molar refractivity (Wildman–Crippen MR) is 57.9 cm³/mol. The van der Waals surface area contributed by atoms with E-state index in [0.29, 0.717) is 12.1 Å². The molecule has 0 bridgehead atoms. The second-order valence-electron chi connectivity index (χ2n) is 4.15. The molecule has 1 aromatic rings. The van der Waals surface area contributed by atoms with Crippen LogP contribution in [0.5, 0.6) is 0 Å². The van der Waals surface area contributed by atoms with Gasteiger partial charge in [0.05, 0.1) is 0 Å². The van der Waals surface area contributed by atoms with Crippen LogP contribution in [0.15, 0.2) is 18.5 Å². The third kappa shape index (κ3) is 2.36. The Morgan fingerprint density at radius 1 is 1.43 bits per heavy atom. The molecule has 0 aliphatic heterocycles. The van der Waals surface area contributed by atoms with Gasteiger partial charge in [-0.15, -0.1) is 0 Å². The SMILES string of the molecule is NC1CCCCC1NCc1cc[nH]c1. The van der Waals surface area contributed by atoms with E-state index in [-0.39, 0.29) is 0 Å². The van der Waals surface area contributed by atoms with Gasteiger partial charge in [0.15, 0.2) is 0 Å². The number of hydrogen-bond acceptors (Lipinski definition) is 2. The van der Waals surface area contributed by atoms with Gasteiger partial charge in [0.25, 0.3) is 0 Å². The number of hydrogen-bond donors (Lipinski definition) is 3. The van der Waals surface area contributed by atoms with Gasteiger partial charge >= 0.3 is 0 Å². The Kier molecular flexibility index (Phi) is 3.22. The molecule has 0 aromatic carbocycles. The molecular formula is C11H19N3. The normalized spacial score (nSPS) is 27.8. The van der Waals surface area contributed by atoms with E-state index in [1.807, 2.05) is 12.4 Å². The highest BCUT2D eigenvalue weighted by molar-refractivity contribution is 5.08. The lowest BCUT2D eigenvalue weighted by atomic mass is 9.91. The second-order valence-corrected chi connectivity index (χ2v) is 4.15. The Balaban J connectivity index is 1.79. The summed E-state index contributed by atoms with van der Waals surface area (Å²) in [4.78, 5) is 3.06. The number of aromatic nitrogens is 1. The van der Waals surface area contributed by atoms with Gasteiger partial charge in [0, 0.05) is 31.0 Å². The maximum absolute atomic E-state index is 6.05. The van der Waals surface area contributed by atoms with Gasteiger partial charge in [-0.2, -0.15) is 0 Å². The molecule has 0 amide bonds. The minimum absolute atomic E-state index is 0.350. The van der Waals surface area contributed by atoms with E-state index in [2.05, 4.69) is 16.4 Å². The highest BCUT2D eigenvalue weighted by atomic mass is 15.0. The molecule has 0 saturated heterocycles. The zero-order valence-electron chi connectivity index (χ0n) is 8.50. The number of nitrogens with two attached hydrogens (primary N) is 1. The molecule has 3 heteroatoms. The first kappa shape index (κ1) is 9.74. The summed E-state index contributed by atoms with van der Waals surface area (Å²) in [6.07, 6.45) is 9.00. The van der Waals surface area contributed by atoms with Crippen molar-refractivity contribution in [3.05, 3.63) is 24.0 Å². The van der Waals surface area contributed by atoms with Gasteiger partial charge in [-0.3, -0.25) is 0 Å². The van der Waals surface area contributed by atoms with Crippen LogP contribution in [-0.2, 0) is 6.54 Å². The van der Waals surface area contributed by atoms with Crippen molar-refractivity contribution in [3.63, 3.8) is 0 Å². The molecule has 4 N–H and O–H groups in total. The van der Waals surface area contributed by atoms with Gasteiger partial charge in [-0.05, 0) is 24.5 Å². The van der Waals surface area contributed by atoms with Gasteiger partial charge in [-0.1, -0.05) is 12.8 Å². The standard InChI is InChI=1S/C11H19N3/c12-10-3-1-2-4-11(10)14-8-9-5-6-13-7-9/h5-7,10-11,13-14H,1-4,8,12H2. The fourth-order valence-electron chi connectivity index (χ4n) is 2.13. The summed E-state index contributed by atoms with van der Waals surface area (Å²) in [5.74, 6) is 0. The lowest BCUT2D eigenvalue weighted by Crippen LogP contribution is -2.46. The molecule has 78 valence electrons. The zero-order valence-corrected chi connectivity index (χ0v) is 8.50. The van der Waals surface area contributed by atoms with Gasteiger partial charge < -0.3 is 16.0 Å². The average Bonchev–Trinajstić information content (AvgIpc) is 2.69. The van der Waals surface area contributed by atoms with Crippen LogP contribution < -0.4 is 11.1 Å². The first-order chi connectivity index (χ1) is 6.86. The number of nitrogens with one attached hydrogen (secondary N) is 2. The van der Waals surface area contributed by atoms with E-state index in [9.17, 15) is 0 Å². The van der Waals surface area contributed by atoms with Crippen molar-refractivity contribution in [1.82, 2.24) is 10.3 Å². The predicted octanol–water partition coefficient (Wildman–Crippen LogP) is 1.37. The quantitative estimate of drug-likeness (QED) is 0.679. The average molecular weight is 193 g/mol. The molecule has 1 heterocycles. The molecular weight excluding hydrogens is 174 g/mol. The molecule has 1 aromatic heterocycles. The molecule has 0 spiro atoms. The van der Waals surface area contributed by atoms with Gasteiger partial charge in [0.1, 0.15) is 0 Å². The summed E-state index contributed by atoms with van der Waals surface area (Å²) in [6, 6.07) is 2.96. The van der Waals surface area contributed by atoms with Crippen molar-refractivity contribution in [2.24, 2.45) is 5.73 Å². The van der Waals surface area contributed by atoms with Crippen LogP contribution in [0.1, 0.15) is 31.2 Å². The van der Waals surface area contributed by atoms with E-state index in [0.717, 1.165) is 6.54 Å². The van der Waals surface area contributed by atoms with E-state index in [1.54, 1.807) is 0 Å². The molecule has 1 saturated carbocycles. The van der Waals surface area contributed by atoms with Crippen molar-refractivity contribution in [2.75, 3.05) is 0 Å². The van der Waals surface area contributed by atoms with E-state index >= 15 is 0 Å². The van der Waals surface area contributed by atoms with E-state index in [4.69, 9.17) is 5.73 Å². The third-order valence-electron chi connectivity index (χ3n) is 3.05. The van der Waals surface area contributed by atoms with Crippen LogP contribution >= 0.6 is 0 Å². The summed E-state index contributed by atoms with van der Waals surface area (Å²) in [6.45, 7) is 0.932. The molecule has 2 rings (SSSR count). The molecule has 2 atom stereocenters. The van der Waals surface area contributed by atoms with Crippen LogP contribution in [0.3, 0.4) is 0 Å². The summed E-state index contributed by atoms with van der Waals surface area (Å²) >= 11 is 0. The fraction of sp³-hybridized carbons (Fsp3) is 0.636. The van der Waals surface area contributed by atoms with Crippen LogP contribution in [0, 0.1) is 0 Å². The van der Waals surface area contributed by atoms with Gasteiger partial charge in [-0.25, -0.2) is 0 Å². The third-order valence-corrected chi connectivity index (χ3v) is 3.05. The molecule has 0 radical (unpaired) electrons. The Labute approximate surface area is 85.1 Å². The Hall–Kier alpha value is -0.800. The molecule has 1 aliphatic carbocycles. The van der Waals surface area contributed by atoms with Crippen LogP contribution in [0.4, 0.5) is 0 Å². The highest BCUT2D eigenvalue weighted by Gasteiger charge is 2.20. The largest absolute Gasteiger partial charge is 0.367 e. The highest BCUT2D eigenvalue weighted by Crippen LogP contribution is 2.17. The molecule has 1 fully saturated rings. The van der Waals surface area contributed by atoms with Crippen molar-refractivity contribution >= 4 is 0 Å². The Morgan fingerprint density at radius 3 is 3.00 bits per heavy atom. The summed E-state index contributed by atoms with van der Waals surface area (Å²) in [7, 11) is 0. The van der Waals surface area contributed by atoms with Crippen molar-refractivity contribution in [1.29, 1.82) is 0 Å². The molecule has 2 unspecified atom stereocenters. The summed E-state index contributed by atoms with van der Waals surface area (Å²) in [5, 5.41) is 3.53. The lowest BCUT2D eigenvalue weighted by Gasteiger charge is -2.29. The summed E-state index contributed by atoms with van der Waals surface area (Å²) < 4.78 is 0. The zero-order chi connectivity index (χ0) is 9.80.